The third kappa shape index (κ3) is 2.72. The van der Waals surface area contributed by atoms with Crippen molar-refractivity contribution in [3.05, 3.63) is 62.9 Å². The van der Waals surface area contributed by atoms with Crippen molar-refractivity contribution in [1.82, 2.24) is 0 Å². The molecule has 20 heavy (non-hydrogen) atoms. The summed E-state index contributed by atoms with van der Waals surface area (Å²) in [6.45, 7) is 3.99. The number of methoxy groups -OCH3 is 1. The van der Waals surface area contributed by atoms with E-state index in [9.17, 15) is 4.39 Å². The van der Waals surface area contributed by atoms with Crippen LogP contribution in [0.5, 0.6) is 5.75 Å². The maximum Gasteiger partial charge on any atom is 0.137 e. The minimum absolute atomic E-state index is 0.318. The molecule has 2 aromatic carbocycles. The third-order valence-corrected chi connectivity index (χ3v) is 4.18. The summed E-state index contributed by atoms with van der Waals surface area (Å²) in [6.07, 6.45) is 0. The van der Waals surface area contributed by atoms with Crippen molar-refractivity contribution in [3.8, 4) is 5.75 Å². The lowest BCUT2D eigenvalue weighted by atomic mass is 9.93. The topological polar surface area (TPSA) is 35.2 Å². The van der Waals surface area contributed by atoms with Crippen molar-refractivity contribution < 1.29 is 9.13 Å². The van der Waals surface area contributed by atoms with Gasteiger partial charge in [0.25, 0.3) is 0 Å². The predicted octanol–water partition coefficient (Wildman–Crippen LogP) is 4.26. The monoisotopic (exact) mass is 337 g/mol. The van der Waals surface area contributed by atoms with E-state index in [1.165, 1.54) is 6.07 Å². The molecule has 2 nitrogen and oxygen atoms in total. The van der Waals surface area contributed by atoms with E-state index in [0.29, 0.717) is 10.0 Å². The fourth-order valence-electron chi connectivity index (χ4n) is 2.42. The van der Waals surface area contributed by atoms with Crippen LogP contribution in [-0.4, -0.2) is 7.11 Å². The average Bonchev–Trinajstić information content (AvgIpc) is 2.40. The van der Waals surface area contributed by atoms with Crippen LogP contribution in [-0.2, 0) is 0 Å². The molecule has 1 atom stereocenters. The molecule has 4 heteroatoms. The summed E-state index contributed by atoms with van der Waals surface area (Å²) in [5.74, 6) is 0.410. The highest BCUT2D eigenvalue weighted by Gasteiger charge is 2.20. The molecule has 0 saturated heterocycles. The smallest absolute Gasteiger partial charge is 0.137 e. The van der Waals surface area contributed by atoms with Crippen LogP contribution in [0.1, 0.15) is 28.3 Å². The van der Waals surface area contributed by atoms with Crippen LogP contribution in [0.3, 0.4) is 0 Å². The molecule has 0 spiro atoms. The summed E-state index contributed by atoms with van der Waals surface area (Å²) >= 11 is 3.27. The first-order chi connectivity index (χ1) is 9.45. The number of hydrogen-bond donors (Lipinski definition) is 1. The first-order valence-corrected chi connectivity index (χ1v) is 7.09. The number of ether oxygens (including phenoxy) is 1. The van der Waals surface area contributed by atoms with E-state index in [-0.39, 0.29) is 5.82 Å². The van der Waals surface area contributed by atoms with E-state index in [1.54, 1.807) is 13.2 Å². The summed E-state index contributed by atoms with van der Waals surface area (Å²) in [6, 6.07) is 8.41. The molecular formula is C16H17BrFNO. The Morgan fingerprint density at radius 2 is 1.95 bits per heavy atom. The number of benzene rings is 2. The van der Waals surface area contributed by atoms with Crippen molar-refractivity contribution >= 4 is 15.9 Å². The SMILES string of the molecule is COc1cc(C)cc(C)c1C(N)c1cccc(F)c1Br. The quantitative estimate of drug-likeness (QED) is 0.907. The Balaban J connectivity index is 2.59. The van der Waals surface area contributed by atoms with Gasteiger partial charge in [0.15, 0.2) is 0 Å². The molecule has 2 rings (SSSR count). The van der Waals surface area contributed by atoms with Gasteiger partial charge in [-0.15, -0.1) is 0 Å². The third-order valence-electron chi connectivity index (χ3n) is 3.34. The molecule has 0 aromatic heterocycles. The van der Waals surface area contributed by atoms with Crippen molar-refractivity contribution in [3.63, 3.8) is 0 Å². The van der Waals surface area contributed by atoms with Gasteiger partial charge in [0.2, 0.25) is 0 Å². The highest BCUT2D eigenvalue weighted by molar-refractivity contribution is 9.10. The number of rotatable bonds is 3. The second-order valence-electron chi connectivity index (χ2n) is 4.82. The van der Waals surface area contributed by atoms with Gasteiger partial charge in [0.1, 0.15) is 11.6 Å². The number of aryl methyl sites for hydroxylation is 2. The fourth-order valence-corrected chi connectivity index (χ4v) is 2.93. The summed E-state index contributed by atoms with van der Waals surface area (Å²) in [4.78, 5) is 0. The zero-order valence-corrected chi connectivity index (χ0v) is 13.3. The van der Waals surface area contributed by atoms with E-state index in [2.05, 4.69) is 15.9 Å². The molecule has 0 aliphatic heterocycles. The van der Waals surface area contributed by atoms with Gasteiger partial charge in [-0.3, -0.25) is 0 Å². The lowest BCUT2D eigenvalue weighted by Crippen LogP contribution is -2.16. The summed E-state index contributed by atoms with van der Waals surface area (Å²) < 4.78 is 19.5. The van der Waals surface area contributed by atoms with Crippen LogP contribution in [0.4, 0.5) is 4.39 Å². The van der Waals surface area contributed by atoms with Crippen molar-refractivity contribution in [2.75, 3.05) is 7.11 Å². The first-order valence-electron chi connectivity index (χ1n) is 6.30. The average molecular weight is 338 g/mol. The van der Waals surface area contributed by atoms with Gasteiger partial charge < -0.3 is 10.5 Å². The Kier molecular flexibility index (Phi) is 4.45. The highest BCUT2D eigenvalue weighted by Crippen LogP contribution is 2.35. The Morgan fingerprint density at radius 1 is 1.25 bits per heavy atom. The van der Waals surface area contributed by atoms with Gasteiger partial charge in [-0.2, -0.15) is 0 Å². The number of halogens is 2. The molecule has 106 valence electrons. The van der Waals surface area contributed by atoms with E-state index < -0.39 is 6.04 Å². The number of nitrogens with two attached hydrogens (primary N) is 1. The van der Waals surface area contributed by atoms with E-state index in [0.717, 1.165) is 22.4 Å². The zero-order chi connectivity index (χ0) is 14.9. The van der Waals surface area contributed by atoms with Gasteiger partial charge in [0, 0.05) is 5.56 Å². The van der Waals surface area contributed by atoms with E-state index in [1.807, 2.05) is 32.0 Å². The van der Waals surface area contributed by atoms with Gasteiger partial charge in [-0.1, -0.05) is 18.2 Å². The molecule has 2 N–H and O–H groups in total. The molecule has 2 aromatic rings. The molecule has 0 heterocycles. The van der Waals surface area contributed by atoms with Crippen LogP contribution in [0.25, 0.3) is 0 Å². The summed E-state index contributed by atoms with van der Waals surface area (Å²) in [5, 5.41) is 0. The van der Waals surface area contributed by atoms with E-state index in [4.69, 9.17) is 10.5 Å². The Hall–Kier alpha value is -1.39. The van der Waals surface area contributed by atoms with Crippen LogP contribution in [0.2, 0.25) is 0 Å². The minimum atomic E-state index is -0.448. The fraction of sp³-hybridized carbons (Fsp3) is 0.250. The molecule has 0 aliphatic rings. The Morgan fingerprint density at radius 3 is 2.60 bits per heavy atom. The molecule has 0 bridgehead atoms. The lowest BCUT2D eigenvalue weighted by molar-refractivity contribution is 0.407. The first kappa shape index (κ1) is 15.0. The highest BCUT2D eigenvalue weighted by atomic mass is 79.9. The summed E-state index contributed by atoms with van der Waals surface area (Å²) in [5.41, 5.74) is 10.1. The molecule has 0 saturated carbocycles. The zero-order valence-electron chi connectivity index (χ0n) is 11.7. The van der Waals surface area contributed by atoms with Crippen molar-refractivity contribution in [2.45, 2.75) is 19.9 Å². The van der Waals surface area contributed by atoms with Gasteiger partial charge >= 0.3 is 0 Å². The normalized spacial score (nSPS) is 12.3. The van der Waals surface area contributed by atoms with Crippen LogP contribution < -0.4 is 10.5 Å². The molecule has 1 unspecified atom stereocenters. The largest absolute Gasteiger partial charge is 0.496 e. The van der Waals surface area contributed by atoms with Gasteiger partial charge in [-0.05, 0) is 58.6 Å². The van der Waals surface area contributed by atoms with Crippen LogP contribution >= 0.6 is 15.9 Å². The maximum absolute atomic E-state index is 13.7. The lowest BCUT2D eigenvalue weighted by Gasteiger charge is -2.20. The standard InChI is InChI=1S/C16H17BrFNO/c1-9-7-10(2)14(13(8-9)20-3)16(19)11-5-4-6-12(18)15(11)17/h4-8,16H,19H2,1-3H3. The van der Waals surface area contributed by atoms with E-state index >= 15 is 0 Å². The van der Waals surface area contributed by atoms with Gasteiger partial charge in [-0.25, -0.2) is 4.39 Å². The minimum Gasteiger partial charge on any atom is -0.496 e. The van der Waals surface area contributed by atoms with Crippen LogP contribution in [0, 0.1) is 19.7 Å². The summed E-state index contributed by atoms with van der Waals surface area (Å²) in [7, 11) is 1.62. The molecular weight excluding hydrogens is 321 g/mol. The second kappa shape index (κ2) is 5.94. The van der Waals surface area contributed by atoms with Crippen molar-refractivity contribution in [1.29, 1.82) is 0 Å². The molecule has 0 amide bonds. The second-order valence-corrected chi connectivity index (χ2v) is 5.61. The molecule has 0 radical (unpaired) electrons. The molecule has 0 aliphatic carbocycles. The van der Waals surface area contributed by atoms with Gasteiger partial charge in [0.05, 0.1) is 17.6 Å². The Labute approximate surface area is 126 Å². The van der Waals surface area contributed by atoms with Crippen LogP contribution in [0.15, 0.2) is 34.8 Å². The van der Waals surface area contributed by atoms with Crippen molar-refractivity contribution in [2.24, 2.45) is 5.73 Å². The maximum atomic E-state index is 13.7. The Bertz CT molecular complexity index is 643. The predicted molar refractivity (Wildman–Crippen MR) is 82.6 cm³/mol. The molecule has 0 fully saturated rings. The number of hydrogen-bond acceptors (Lipinski definition) is 2.